The third-order valence-electron chi connectivity index (χ3n) is 3.51. The van der Waals surface area contributed by atoms with E-state index in [9.17, 15) is 8.42 Å². The molecule has 0 saturated heterocycles. The van der Waals surface area contributed by atoms with Gasteiger partial charge in [-0.25, -0.2) is 18.1 Å². The van der Waals surface area contributed by atoms with Gasteiger partial charge in [-0.2, -0.15) is 0 Å². The molecule has 2 aromatic rings. The molecule has 1 fully saturated rings. The standard InChI is InChI=1S/C12H18N4O2S2/c1-3-13-10-11(16-4-5-19-12(16)14-10)20(17,18)15-9-6-8(2)7-9/h4-5,8-9,13,15H,3,6-7H2,1-2H3. The minimum absolute atomic E-state index is 0.0497. The van der Waals surface area contributed by atoms with E-state index in [1.54, 1.807) is 10.6 Å². The minimum Gasteiger partial charge on any atom is -0.368 e. The van der Waals surface area contributed by atoms with E-state index in [0.29, 0.717) is 23.2 Å². The molecule has 1 aliphatic carbocycles. The predicted octanol–water partition coefficient (Wildman–Crippen LogP) is 1.90. The third-order valence-corrected chi connectivity index (χ3v) is 5.81. The highest BCUT2D eigenvalue weighted by Crippen LogP contribution is 2.30. The van der Waals surface area contributed by atoms with Gasteiger partial charge in [-0.3, -0.25) is 4.40 Å². The summed E-state index contributed by atoms with van der Waals surface area (Å²) in [5, 5.41) is 5.08. The number of nitrogens with one attached hydrogen (secondary N) is 2. The number of fused-ring (bicyclic) bond motifs is 1. The summed E-state index contributed by atoms with van der Waals surface area (Å²) in [5.41, 5.74) is 0. The minimum atomic E-state index is -3.56. The van der Waals surface area contributed by atoms with E-state index < -0.39 is 10.0 Å². The van der Waals surface area contributed by atoms with Crippen LogP contribution in [-0.4, -0.2) is 30.4 Å². The Bertz CT molecular complexity index is 713. The maximum Gasteiger partial charge on any atom is 0.260 e. The van der Waals surface area contributed by atoms with Crippen LogP contribution >= 0.6 is 11.3 Å². The van der Waals surface area contributed by atoms with E-state index in [4.69, 9.17) is 0 Å². The number of thiazole rings is 1. The van der Waals surface area contributed by atoms with E-state index in [0.717, 1.165) is 12.8 Å². The zero-order chi connectivity index (χ0) is 14.3. The van der Waals surface area contributed by atoms with E-state index >= 15 is 0 Å². The van der Waals surface area contributed by atoms with Crippen LogP contribution in [-0.2, 0) is 10.0 Å². The van der Waals surface area contributed by atoms with E-state index in [2.05, 4.69) is 21.9 Å². The lowest BCUT2D eigenvalue weighted by Gasteiger charge is -2.32. The van der Waals surface area contributed by atoms with Crippen molar-refractivity contribution in [2.75, 3.05) is 11.9 Å². The molecule has 8 heteroatoms. The van der Waals surface area contributed by atoms with Crippen LogP contribution in [0.2, 0.25) is 0 Å². The molecule has 0 unspecified atom stereocenters. The fraction of sp³-hybridized carbons (Fsp3) is 0.583. The van der Waals surface area contributed by atoms with Crippen molar-refractivity contribution in [1.82, 2.24) is 14.1 Å². The summed E-state index contributed by atoms with van der Waals surface area (Å²) < 4.78 is 29.6. The Morgan fingerprint density at radius 2 is 2.25 bits per heavy atom. The molecular formula is C12H18N4O2S2. The van der Waals surface area contributed by atoms with Gasteiger partial charge in [-0.15, -0.1) is 11.3 Å². The number of nitrogens with zero attached hydrogens (tertiary/aromatic N) is 2. The number of aromatic nitrogens is 2. The largest absolute Gasteiger partial charge is 0.368 e. The van der Waals surface area contributed by atoms with Gasteiger partial charge in [-0.05, 0) is 25.7 Å². The predicted molar refractivity (Wildman–Crippen MR) is 79.7 cm³/mol. The van der Waals surface area contributed by atoms with E-state index in [1.165, 1.54) is 11.3 Å². The van der Waals surface area contributed by atoms with Crippen LogP contribution in [0.1, 0.15) is 26.7 Å². The van der Waals surface area contributed by atoms with Crippen molar-refractivity contribution in [3.05, 3.63) is 11.6 Å². The second-order valence-electron chi connectivity index (χ2n) is 5.25. The molecule has 1 saturated carbocycles. The number of hydrogen-bond donors (Lipinski definition) is 2. The highest BCUT2D eigenvalue weighted by molar-refractivity contribution is 7.89. The molecule has 0 atom stereocenters. The molecule has 1 aliphatic rings. The van der Waals surface area contributed by atoms with Crippen LogP contribution < -0.4 is 10.0 Å². The Kier molecular flexibility index (Phi) is 3.47. The topological polar surface area (TPSA) is 75.5 Å². The number of hydrogen-bond acceptors (Lipinski definition) is 5. The lowest BCUT2D eigenvalue weighted by molar-refractivity contribution is 0.270. The third kappa shape index (κ3) is 2.32. The Balaban J connectivity index is 1.98. The highest BCUT2D eigenvalue weighted by Gasteiger charge is 2.33. The lowest BCUT2D eigenvalue weighted by atomic mass is 9.83. The number of anilines is 1. The molecule has 2 aromatic heterocycles. The Morgan fingerprint density at radius 1 is 1.50 bits per heavy atom. The van der Waals surface area contributed by atoms with Gasteiger partial charge in [0.15, 0.2) is 15.8 Å². The number of rotatable bonds is 5. The van der Waals surface area contributed by atoms with Gasteiger partial charge in [0.2, 0.25) is 0 Å². The SMILES string of the molecule is CCNc1nc2sccn2c1S(=O)(=O)NC1CC(C)C1. The molecule has 110 valence electrons. The average Bonchev–Trinajstić information content (AvgIpc) is 2.86. The van der Waals surface area contributed by atoms with Gasteiger partial charge in [0, 0.05) is 24.2 Å². The number of imidazole rings is 1. The summed E-state index contributed by atoms with van der Waals surface area (Å²) in [4.78, 5) is 5.03. The lowest BCUT2D eigenvalue weighted by Crippen LogP contribution is -2.43. The van der Waals surface area contributed by atoms with Crippen LogP contribution in [0.15, 0.2) is 16.6 Å². The highest BCUT2D eigenvalue weighted by atomic mass is 32.2. The molecule has 20 heavy (non-hydrogen) atoms. The molecule has 3 rings (SSSR count). The summed E-state index contributed by atoms with van der Waals surface area (Å²) in [7, 11) is -3.56. The fourth-order valence-electron chi connectivity index (χ4n) is 2.58. The summed E-state index contributed by atoms with van der Waals surface area (Å²) in [6.45, 7) is 4.68. The van der Waals surface area contributed by atoms with Crippen molar-refractivity contribution in [3.63, 3.8) is 0 Å². The zero-order valence-corrected chi connectivity index (χ0v) is 13.1. The van der Waals surface area contributed by atoms with Crippen molar-refractivity contribution < 1.29 is 8.42 Å². The summed E-state index contributed by atoms with van der Waals surface area (Å²) in [5.74, 6) is 1.03. The van der Waals surface area contributed by atoms with Crippen LogP contribution in [0.25, 0.3) is 4.96 Å². The van der Waals surface area contributed by atoms with Gasteiger partial charge >= 0.3 is 0 Å². The monoisotopic (exact) mass is 314 g/mol. The van der Waals surface area contributed by atoms with Gasteiger partial charge in [0.05, 0.1) is 0 Å². The van der Waals surface area contributed by atoms with Crippen LogP contribution in [0, 0.1) is 5.92 Å². The van der Waals surface area contributed by atoms with Crippen molar-refractivity contribution in [2.45, 2.75) is 37.8 Å². The van der Waals surface area contributed by atoms with Crippen LogP contribution in [0.3, 0.4) is 0 Å². The van der Waals surface area contributed by atoms with Gasteiger partial charge in [-0.1, -0.05) is 6.92 Å². The van der Waals surface area contributed by atoms with E-state index in [1.807, 2.05) is 12.3 Å². The van der Waals surface area contributed by atoms with Crippen LogP contribution in [0.4, 0.5) is 5.82 Å². The molecule has 6 nitrogen and oxygen atoms in total. The second kappa shape index (κ2) is 5.01. The molecular weight excluding hydrogens is 296 g/mol. The Labute approximate surface area is 122 Å². The molecule has 2 heterocycles. The number of sulfonamides is 1. The first-order valence-electron chi connectivity index (χ1n) is 6.73. The van der Waals surface area contributed by atoms with Crippen LogP contribution in [0.5, 0.6) is 0 Å². The first-order chi connectivity index (χ1) is 9.51. The quantitative estimate of drug-likeness (QED) is 0.884. The maximum absolute atomic E-state index is 12.6. The summed E-state index contributed by atoms with van der Waals surface area (Å²) in [6.07, 6.45) is 3.55. The van der Waals surface area contributed by atoms with Crippen molar-refractivity contribution in [3.8, 4) is 0 Å². The second-order valence-corrected chi connectivity index (χ2v) is 7.75. The summed E-state index contributed by atoms with van der Waals surface area (Å²) >= 11 is 1.42. The Hall–Kier alpha value is -1.12. The fourth-order valence-corrected chi connectivity index (χ4v) is 4.87. The van der Waals surface area contributed by atoms with Gasteiger partial charge in [0.25, 0.3) is 10.0 Å². The molecule has 0 aliphatic heterocycles. The van der Waals surface area contributed by atoms with E-state index in [-0.39, 0.29) is 11.1 Å². The van der Waals surface area contributed by atoms with Gasteiger partial charge < -0.3 is 5.32 Å². The zero-order valence-electron chi connectivity index (χ0n) is 11.5. The average molecular weight is 314 g/mol. The molecule has 0 aromatic carbocycles. The maximum atomic E-state index is 12.6. The Morgan fingerprint density at radius 3 is 2.90 bits per heavy atom. The smallest absolute Gasteiger partial charge is 0.260 e. The molecule has 0 amide bonds. The molecule has 2 N–H and O–H groups in total. The molecule has 0 spiro atoms. The first kappa shape index (κ1) is 13.8. The normalized spacial score (nSPS) is 22.9. The van der Waals surface area contributed by atoms with Crippen molar-refractivity contribution in [2.24, 2.45) is 5.92 Å². The van der Waals surface area contributed by atoms with Gasteiger partial charge in [0.1, 0.15) is 0 Å². The molecule has 0 bridgehead atoms. The summed E-state index contributed by atoms with van der Waals surface area (Å²) in [6, 6.07) is 0.0497. The molecule has 0 radical (unpaired) electrons. The van der Waals surface area contributed by atoms with Crippen molar-refractivity contribution >= 4 is 32.1 Å². The van der Waals surface area contributed by atoms with Crippen molar-refractivity contribution in [1.29, 1.82) is 0 Å². The first-order valence-corrected chi connectivity index (χ1v) is 9.09.